The molecule has 8 heteroatoms. The van der Waals surface area contributed by atoms with E-state index in [1.165, 1.54) is 0 Å². The number of nitrogens with zero attached hydrogens (tertiary/aromatic N) is 2. The van der Waals surface area contributed by atoms with Crippen molar-refractivity contribution in [3.05, 3.63) is 56.1 Å². The number of esters is 1. The first-order valence-electron chi connectivity index (χ1n) is 6.18. The number of carbonyl (C=O) groups is 1. The lowest BCUT2D eigenvalue weighted by atomic mass is 10.2. The van der Waals surface area contributed by atoms with Gasteiger partial charge in [-0.1, -0.05) is 12.2 Å². The lowest BCUT2D eigenvalue weighted by Gasteiger charge is -2.04. The molecule has 0 spiro atoms. The number of carbonyl (C=O) groups excluding carboxylic acids is 1. The normalized spacial score (nSPS) is 10.5. The Kier molecular flexibility index (Phi) is 5.99. The summed E-state index contributed by atoms with van der Waals surface area (Å²) < 4.78 is 4.93. The molecule has 0 aliphatic rings. The minimum absolute atomic E-state index is 0.139. The molecule has 8 nitrogen and oxygen atoms in total. The van der Waals surface area contributed by atoms with Gasteiger partial charge in [0.15, 0.2) is 0 Å². The Balaban J connectivity index is 2.83. The van der Waals surface area contributed by atoms with E-state index in [2.05, 4.69) is 0 Å². The highest BCUT2D eigenvalue weighted by Crippen LogP contribution is 2.23. The monoisotopic (exact) mass is 294 g/mol. The zero-order valence-corrected chi connectivity index (χ0v) is 11.4. The minimum Gasteiger partial charge on any atom is -0.462 e. The van der Waals surface area contributed by atoms with Gasteiger partial charge in [-0.15, -0.1) is 0 Å². The maximum absolute atomic E-state index is 11.7. The fourth-order valence-corrected chi connectivity index (χ4v) is 1.54. The van der Waals surface area contributed by atoms with Crippen LogP contribution in [0, 0.1) is 20.2 Å². The van der Waals surface area contributed by atoms with Gasteiger partial charge < -0.3 is 4.74 Å². The molecule has 0 atom stereocenters. The van der Waals surface area contributed by atoms with Gasteiger partial charge in [-0.25, -0.2) is 4.79 Å². The molecule has 0 aliphatic carbocycles. The molecule has 1 rings (SSSR count). The second-order valence-electron chi connectivity index (χ2n) is 4.10. The van der Waals surface area contributed by atoms with Crippen LogP contribution in [0.3, 0.4) is 0 Å². The number of rotatable bonds is 7. The van der Waals surface area contributed by atoms with Crippen LogP contribution in [0.4, 0.5) is 11.4 Å². The van der Waals surface area contributed by atoms with Gasteiger partial charge in [-0.2, -0.15) is 0 Å². The first kappa shape index (κ1) is 16.3. The zero-order chi connectivity index (χ0) is 15.8. The third-order valence-electron chi connectivity index (χ3n) is 2.54. The van der Waals surface area contributed by atoms with E-state index < -0.39 is 27.2 Å². The maximum atomic E-state index is 11.7. The van der Waals surface area contributed by atoms with Crippen LogP contribution in [-0.4, -0.2) is 22.4 Å². The Morgan fingerprint density at radius 1 is 1.19 bits per heavy atom. The zero-order valence-electron chi connectivity index (χ0n) is 11.4. The third kappa shape index (κ3) is 5.01. The number of allylic oxidation sites excluding steroid dienone is 2. The van der Waals surface area contributed by atoms with Crippen LogP contribution in [0.15, 0.2) is 30.4 Å². The summed E-state index contributed by atoms with van der Waals surface area (Å²) in [7, 11) is 0. The molecule has 0 heterocycles. The predicted molar refractivity (Wildman–Crippen MR) is 74.1 cm³/mol. The summed E-state index contributed by atoms with van der Waals surface area (Å²) in [6.45, 7) is 2.01. The van der Waals surface area contributed by atoms with Crippen molar-refractivity contribution >= 4 is 17.3 Å². The topological polar surface area (TPSA) is 113 Å². The minimum atomic E-state index is -0.817. The van der Waals surface area contributed by atoms with Crippen molar-refractivity contribution in [2.75, 3.05) is 6.61 Å². The molecule has 0 amide bonds. The molecule has 0 saturated carbocycles. The molecule has 1 aromatic carbocycles. The highest BCUT2D eigenvalue weighted by atomic mass is 16.6. The number of ether oxygens (including phenoxy) is 1. The molecule has 0 radical (unpaired) electrons. The molecular weight excluding hydrogens is 280 g/mol. The quantitative estimate of drug-likeness (QED) is 0.251. The molecule has 112 valence electrons. The highest BCUT2D eigenvalue weighted by Gasteiger charge is 2.20. The van der Waals surface area contributed by atoms with E-state index in [-0.39, 0.29) is 12.2 Å². The van der Waals surface area contributed by atoms with Crippen LogP contribution in [0.25, 0.3) is 0 Å². The van der Waals surface area contributed by atoms with Crippen molar-refractivity contribution in [3.8, 4) is 0 Å². The summed E-state index contributed by atoms with van der Waals surface area (Å²) in [5.74, 6) is -0.817. The van der Waals surface area contributed by atoms with Crippen LogP contribution in [0.2, 0.25) is 0 Å². The van der Waals surface area contributed by atoms with E-state index in [4.69, 9.17) is 4.74 Å². The van der Waals surface area contributed by atoms with Crippen LogP contribution in [-0.2, 0) is 4.74 Å². The first-order chi connectivity index (χ1) is 9.95. The molecule has 0 unspecified atom stereocenters. The van der Waals surface area contributed by atoms with E-state index in [1.54, 1.807) is 0 Å². The smallest absolute Gasteiger partial charge is 0.338 e. The van der Waals surface area contributed by atoms with Gasteiger partial charge in [0.25, 0.3) is 11.4 Å². The molecule has 0 N–H and O–H groups in total. The Bertz CT molecular complexity index is 550. The summed E-state index contributed by atoms with van der Waals surface area (Å²) >= 11 is 0. The average Bonchev–Trinajstić information content (AvgIpc) is 2.46. The van der Waals surface area contributed by atoms with E-state index in [0.29, 0.717) is 6.42 Å². The third-order valence-corrected chi connectivity index (χ3v) is 2.54. The first-order valence-corrected chi connectivity index (χ1v) is 6.18. The largest absolute Gasteiger partial charge is 0.462 e. The fourth-order valence-electron chi connectivity index (χ4n) is 1.54. The lowest BCUT2D eigenvalue weighted by molar-refractivity contribution is -0.394. The molecule has 0 aliphatic heterocycles. The van der Waals surface area contributed by atoms with Gasteiger partial charge >= 0.3 is 5.97 Å². The number of benzene rings is 1. The van der Waals surface area contributed by atoms with E-state index in [0.717, 1.165) is 24.6 Å². The summed E-state index contributed by atoms with van der Waals surface area (Å²) in [5.41, 5.74) is -1.25. The van der Waals surface area contributed by atoms with Gasteiger partial charge in [0.05, 0.1) is 28.1 Å². The second kappa shape index (κ2) is 7.73. The maximum Gasteiger partial charge on any atom is 0.338 e. The molecule has 0 bridgehead atoms. The highest BCUT2D eigenvalue weighted by molar-refractivity contribution is 5.91. The Morgan fingerprint density at radius 2 is 1.76 bits per heavy atom. The van der Waals surface area contributed by atoms with Gasteiger partial charge in [0, 0.05) is 12.1 Å². The van der Waals surface area contributed by atoms with Crippen molar-refractivity contribution in [1.82, 2.24) is 0 Å². The summed E-state index contributed by atoms with van der Waals surface area (Å²) in [5, 5.41) is 21.4. The number of hydrogen-bond donors (Lipinski definition) is 0. The number of nitro groups is 2. The number of nitro benzene ring substituents is 2. The second-order valence-corrected chi connectivity index (χ2v) is 4.10. The van der Waals surface area contributed by atoms with Gasteiger partial charge in [0.2, 0.25) is 0 Å². The van der Waals surface area contributed by atoms with Crippen LogP contribution < -0.4 is 0 Å². The SMILES string of the molecule is CC=CCCCOC(=O)c1cc([N+](=O)[O-])cc([N+](=O)[O-])c1. The Labute approximate surface area is 120 Å². The van der Waals surface area contributed by atoms with Gasteiger partial charge in [-0.3, -0.25) is 20.2 Å². The average molecular weight is 294 g/mol. The van der Waals surface area contributed by atoms with E-state index >= 15 is 0 Å². The molecule has 0 aromatic heterocycles. The number of unbranched alkanes of at least 4 members (excludes halogenated alkanes) is 1. The number of hydrogen-bond acceptors (Lipinski definition) is 6. The molecule has 0 fully saturated rings. The molecular formula is C13H14N2O6. The van der Waals surface area contributed by atoms with E-state index in [9.17, 15) is 25.0 Å². The standard InChI is InChI=1S/C13H14N2O6/c1-2-3-4-5-6-21-13(16)10-7-11(14(17)18)9-12(8-10)15(19)20/h2-3,7-9H,4-6H2,1H3. The fraction of sp³-hybridized carbons (Fsp3) is 0.308. The van der Waals surface area contributed by atoms with Crippen LogP contribution in [0.5, 0.6) is 0 Å². The summed E-state index contributed by atoms with van der Waals surface area (Å²) in [4.78, 5) is 31.6. The van der Waals surface area contributed by atoms with Crippen LogP contribution in [0.1, 0.15) is 30.1 Å². The van der Waals surface area contributed by atoms with Crippen molar-refractivity contribution in [1.29, 1.82) is 0 Å². The van der Waals surface area contributed by atoms with Crippen molar-refractivity contribution in [2.24, 2.45) is 0 Å². The summed E-state index contributed by atoms with van der Waals surface area (Å²) in [6.07, 6.45) is 5.11. The Hall–Kier alpha value is -2.77. The summed E-state index contributed by atoms with van der Waals surface area (Å²) in [6, 6.07) is 2.71. The van der Waals surface area contributed by atoms with E-state index in [1.807, 2.05) is 19.1 Å². The van der Waals surface area contributed by atoms with Crippen molar-refractivity contribution in [2.45, 2.75) is 19.8 Å². The van der Waals surface area contributed by atoms with Gasteiger partial charge in [-0.05, 0) is 19.8 Å². The molecule has 21 heavy (non-hydrogen) atoms. The molecule has 1 aromatic rings. The van der Waals surface area contributed by atoms with Gasteiger partial charge in [0.1, 0.15) is 0 Å². The van der Waals surface area contributed by atoms with Crippen molar-refractivity contribution in [3.63, 3.8) is 0 Å². The number of non-ortho nitro benzene ring substituents is 2. The van der Waals surface area contributed by atoms with Crippen molar-refractivity contribution < 1.29 is 19.4 Å². The van der Waals surface area contributed by atoms with Crippen LogP contribution >= 0.6 is 0 Å². The predicted octanol–water partition coefficient (Wildman–Crippen LogP) is 3.02. The molecule has 0 saturated heterocycles. The lowest BCUT2D eigenvalue weighted by Crippen LogP contribution is -2.07. The Morgan fingerprint density at radius 3 is 2.24 bits per heavy atom.